The van der Waals surface area contributed by atoms with Crippen LogP contribution in [0.2, 0.25) is 5.02 Å². The van der Waals surface area contributed by atoms with Crippen molar-refractivity contribution in [1.82, 2.24) is 14.5 Å². The van der Waals surface area contributed by atoms with E-state index in [-0.39, 0.29) is 6.61 Å². The summed E-state index contributed by atoms with van der Waals surface area (Å²) in [7, 11) is 0. The first kappa shape index (κ1) is 22.7. The first-order valence-corrected chi connectivity index (χ1v) is 11.5. The van der Waals surface area contributed by atoms with Gasteiger partial charge in [0.1, 0.15) is 36.4 Å². The molecule has 33 heavy (non-hydrogen) atoms. The van der Waals surface area contributed by atoms with Gasteiger partial charge in [0.25, 0.3) is 0 Å². The predicted octanol–water partition coefficient (Wildman–Crippen LogP) is 3.47. The standard InChI is InChI=1S/C24H28ClN3O5/c1-13-16-8-9-28(22(16)27-12-26-13)23-21-20(32-24(2,3)33-21)19(31-23)18(30)17-7-6-15(25)11-14(17)5-4-10-29/h6-9,11-12,18-21,23,29-30H,4-5,10H2,1-3H3/t18-,19?,20-,21-,23-/m1/s1. The topological polar surface area (TPSA) is 98.9 Å². The van der Waals surface area contributed by atoms with Gasteiger partial charge in [0.2, 0.25) is 0 Å². The molecule has 0 bridgehead atoms. The Kier molecular flexibility index (Phi) is 5.93. The van der Waals surface area contributed by atoms with E-state index >= 15 is 0 Å². The minimum atomic E-state index is -0.968. The lowest BCUT2D eigenvalue weighted by Gasteiger charge is -2.28. The van der Waals surface area contributed by atoms with Crippen LogP contribution in [0.3, 0.4) is 0 Å². The molecule has 5 rings (SSSR count). The number of nitrogens with zero attached hydrogens (tertiary/aromatic N) is 3. The van der Waals surface area contributed by atoms with E-state index in [1.54, 1.807) is 6.07 Å². The van der Waals surface area contributed by atoms with Crippen molar-refractivity contribution in [3.63, 3.8) is 0 Å². The third-order valence-corrected chi connectivity index (χ3v) is 6.62. The summed E-state index contributed by atoms with van der Waals surface area (Å²) in [5.41, 5.74) is 3.20. The van der Waals surface area contributed by atoms with Crippen molar-refractivity contribution in [1.29, 1.82) is 0 Å². The van der Waals surface area contributed by atoms with E-state index in [2.05, 4.69) is 9.97 Å². The fourth-order valence-corrected chi connectivity index (χ4v) is 5.11. The number of halogens is 1. The van der Waals surface area contributed by atoms with Crippen LogP contribution in [0.15, 0.2) is 36.8 Å². The molecule has 2 aromatic heterocycles. The lowest BCUT2D eigenvalue weighted by molar-refractivity contribution is -0.207. The van der Waals surface area contributed by atoms with E-state index in [0.29, 0.717) is 23.4 Å². The fraction of sp³-hybridized carbons (Fsp3) is 0.500. The molecule has 5 atom stereocenters. The molecule has 2 fully saturated rings. The van der Waals surface area contributed by atoms with E-state index in [1.807, 2.05) is 49.7 Å². The van der Waals surface area contributed by atoms with Crippen LogP contribution < -0.4 is 0 Å². The van der Waals surface area contributed by atoms with Crippen LogP contribution >= 0.6 is 11.6 Å². The van der Waals surface area contributed by atoms with E-state index < -0.39 is 36.4 Å². The molecule has 8 nitrogen and oxygen atoms in total. The van der Waals surface area contributed by atoms with E-state index in [0.717, 1.165) is 22.3 Å². The summed E-state index contributed by atoms with van der Waals surface area (Å²) >= 11 is 6.21. The van der Waals surface area contributed by atoms with Crippen LogP contribution in [0.25, 0.3) is 11.0 Å². The van der Waals surface area contributed by atoms with Gasteiger partial charge in [-0.1, -0.05) is 17.7 Å². The van der Waals surface area contributed by atoms with Crippen molar-refractivity contribution in [2.45, 2.75) is 70.0 Å². The summed E-state index contributed by atoms with van der Waals surface area (Å²) in [5.74, 6) is -0.817. The Labute approximate surface area is 197 Å². The lowest BCUT2D eigenvalue weighted by Crippen LogP contribution is -2.34. The quantitative estimate of drug-likeness (QED) is 0.565. The molecule has 3 aromatic rings. The van der Waals surface area contributed by atoms with Gasteiger partial charge in [-0.3, -0.25) is 0 Å². The first-order chi connectivity index (χ1) is 15.8. The maximum Gasteiger partial charge on any atom is 0.164 e. The summed E-state index contributed by atoms with van der Waals surface area (Å²) in [6.07, 6.45) is 1.52. The molecule has 9 heteroatoms. The normalized spacial score (nSPS) is 27.2. The van der Waals surface area contributed by atoms with Gasteiger partial charge in [-0.05, 0) is 62.9 Å². The molecule has 0 radical (unpaired) electrons. The minimum Gasteiger partial charge on any atom is -0.396 e. The SMILES string of the molecule is Cc1ncnc2c1ccn2[C@@H]1OC([C@H](O)c2ccc(Cl)cc2CCCO)[C@H]2OC(C)(C)O[C@H]21. The number of hydrogen-bond donors (Lipinski definition) is 2. The fourth-order valence-electron chi connectivity index (χ4n) is 4.91. The largest absolute Gasteiger partial charge is 0.396 e. The number of aryl methyl sites for hydroxylation is 2. The molecule has 2 aliphatic heterocycles. The van der Waals surface area contributed by atoms with Crippen molar-refractivity contribution < 1.29 is 24.4 Å². The van der Waals surface area contributed by atoms with Crippen molar-refractivity contribution in [2.24, 2.45) is 0 Å². The second kappa shape index (κ2) is 8.61. The molecule has 0 saturated carbocycles. The lowest BCUT2D eigenvalue weighted by atomic mass is 9.93. The molecule has 1 aromatic carbocycles. The summed E-state index contributed by atoms with van der Waals surface area (Å²) in [5, 5.41) is 22.3. The third-order valence-electron chi connectivity index (χ3n) is 6.39. The maximum atomic E-state index is 11.5. The van der Waals surface area contributed by atoms with E-state index in [1.165, 1.54) is 6.33 Å². The van der Waals surface area contributed by atoms with Crippen LogP contribution in [0.5, 0.6) is 0 Å². The number of hydrogen-bond acceptors (Lipinski definition) is 7. The van der Waals surface area contributed by atoms with Crippen LogP contribution in [-0.2, 0) is 20.6 Å². The Morgan fingerprint density at radius 1 is 1.18 bits per heavy atom. The van der Waals surface area contributed by atoms with E-state index in [9.17, 15) is 10.2 Å². The zero-order chi connectivity index (χ0) is 23.3. The highest BCUT2D eigenvalue weighted by Crippen LogP contribution is 2.47. The zero-order valence-corrected chi connectivity index (χ0v) is 19.6. The summed E-state index contributed by atoms with van der Waals surface area (Å²) < 4.78 is 20.8. The van der Waals surface area contributed by atoms with Crippen LogP contribution in [0, 0.1) is 6.92 Å². The number of aliphatic hydroxyl groups excluding tert-OH is 2. The van der Waals surface area contributed by atoms with Gasteiger partial charge in [-0.15, -0.1) is 0 Å². The molecular weight excluding hydrogens is 446 g/mol. The van der Waals surface area contributed by atoms with Gasteiger partial charge >= 0.3 is 0 Å². The van der Waals surface area contributed by atoms with Crippen molar-refractivity contribution >= 4 is 22.6 Å². The molecule has 0 amide bonds. The Morgan fingerprint density at radius 3 is 2.76 bits per heavy atom. The molecule has 2 N–H and O–H groups in total. The van der Waals surface area contributed by atoms with Crippen molar-refractivity contribution in [3.05, 3.63) is 58.6 Å². The minimum absolute atomic E-state index is 0.0574. The molecule has 4 heterocycles. The zero-order valence-electron chi connectivity index (χ0n) is 18.8. The van der Waals surface area contributed by atoms with Gasteiger partial charge < -0.3 is 29.0 Å². The van der Waals surface area contributed by atoms with Gasteiger partial charge in [0.05, 0.1) is 5.69 Å². The molecule has 0 spiro atoms. The Hall–Kier alpha value is -2.07. The molecule has 2 saturated heterocycles. The Morgan fingerprint density at radius 2 is 1.97 bits per heavy atom. The second-order valence-corrected chi connectivity index (χ2v) is 9.53. The van der Waals surface area contributed by atoms with Gasteiger partial charge in [0, 0.05) is 23.2 Å². The van der Waals surface area contributed by atoms with Gasteiger partial charge in [-0.2, -0.15) is 0 Å². The van der Waals surface area contributed by atoms with Crippen molar-refractivity contribution in [2.75, 3.05) is 6.61 Å². The highest BCUT2D eigenvalue weighted by Gasteiger charge is 2.58. The molecule has 176 valence electrons. The Bertz CT molecular complexity index is 1170. The first-order valence-electron chi connectivity index (χ1n) is 11.2. The molecular formula is C24H28ClN3O5. The maximum absolute atomic E-state index is 11.5. The smallest absolute Gasteiger partial charge is 0.164 e. The average molecular weight is 474 g/mol. The average Bonchev–Trinajstić information content (AvgIpc) is 3.43. The molecule has 1 unspecified atom stereocenters. The second-order valence-electron chi connectivity index (χ2n) is 9.09. The summed E-state index contributed by atoms with van der Waals surface area (Å²) in [6, 6.07) is 7.35. The number of benzene rings is 1. The van der Waals surface area contributed by atoms with Gasteiger partial charge in [0.15, 0.2) is 12.0 Å². The number of fused-ring (bicyclic) bond motifs is 2. The number of aliphatic hydroxyl groups is 2. The monoisotopic (exact) mass is 473 g/mol. The van der Waals surface area contributed by atoms with E-state index in [4.69, 9.17) is 25.8 Å². The van der Waals surface area contributed by atoms with Crippen LogP contribution in [0.4, 0.5) is 0 Å². The van der Waals surface area contributed by atoms with Crippen molar-refractivity contribution in [3.8, 4) is 0 Å². The Balaban J connectivity index is 1.52. The number of aromatic nitrogens is 3. The molecule has 2 aliphatic rings. The van der Waals surface area contributed by atoms with Crippen LogP contribution in [0.1, 0.15) is 49.4 Å². The number of ether oxygens (including phenoxy) is 3. The third kappa shape index (κ3) is 4.05. The highest BCUT2D eigenvalue weighted by molar-refractivity contribution is 6.30. The number of rotatable bonds is 6. The predicted molar refractivity (Wildman–Crippen MR) is 122 cm³/mol. The van der Waals surface area contributed by atoms with Gasteiger partial charge in [-0.25, -0.2) is 9.97 Å². The highest BCUT2D eigenvalue weighted by atomic mass is 35.5. The summed E-state index contributed by atoms with van der Waals surface area (Å²) in [4.78, 5) is 8.73. The summed E-state index contributed by atoms with van der Waals surface area (Å²) in [6.45, 7) is 5.72. The van der Waals surface area contributed by atoms with Crippen LogP contribution in [-0.4, -0.2) is 55.5 Å². The molecule has 0 aliphatic carbocycles.